The van der Waals surface area contributed by atoms with E-state index in [0.29, 0.717) is 18.0 Å². The maximum Gasteiger partial charge on any atom is 0.338 e. The van der Waals surface area contributed by atoms with Gasteiger partial charge in [-0.2, -0.15) is 5.10 Å². The highest BCUT2D eigenvalue weighted by molar-refractivity contribution is 5.92. The van der Waals surface area contributed by atoms with Crippen LogP contribution in [0.5, 0.6) is 0 Å². The molecule has 150 valence electrons. The minimum atomic E-state index is -0.813. The Labute approximate surface area is 166 Å². The first-order chi connectivity index (χ1) is 13.4. The number of benzene rings is 1. The van der Waals surface area contributed by atoms with Crippen molar-refractivity contribution < 1.29 is 14.3 Å². The number of aryl methyl sites for hydroxylation is 2. The quantitative estimate of drug-likeness (QED) is 0.772. The molecule has 2 aromatic rings. The molecule has 28 heavy (non-hydrogen) atoms. The number of hydrogen-bond donors (Lipinski definition) is 1. The number of esters is 1. The summed E-state index contributed by atoms with van der Waals surface area (Å²) >= 11 is 0. The fourth-order valence-electron chi connectivity index (χ4n) is 3.69. The lowest BCUT2D eigenvalue weighted by molar-refractivity contribution is -0.129. The molecule has 3 rings (SSSR count). The van der Waals surface area contributed by atoms with E-state index in [1.807, 2.05) is 36.7 Å². The van der Waals surface area contributed by atoms with Gasteiger partial charge in [-0.15, -0.1) is 0 Å². The van der Waals surface area contributed by atoms with Gasteiger partial charge in [0.15, 0.2) is 6.10 Å². The van der Waals surface area contributed by atoms with Crippen LogP contribution in [0.1, 0.15) is 60.8 Å². The third-order valence-corrected chi connectivity index (χ3v) is 5.30. The monoisotopic (exact) mass is 383 g/mol. The lowest BCUT2D eigenvalue weighted by atomic mass is 9.89. The average Bonchev–Trinajstić information content (AvgIpc) is 3.05. The van der Waals surface area contributed by atoms with Gasteiger partial charge in [0.2, 0.25) is 0 Å². The molecule has 1 atom stereocenters. The zero-order chi connectivity index (χ0) is 20.1. The summed E-state index contributed by atoms with van der Waals surface area (Å²) in [6.07, 6.45) is 5.27. The van der Waals surface area contributed by atoms with Gasteiger partial charge in [-0.05, 0) is 69.9 Å². The van der Waals surface area contributed by atoms with Crippen molar-refractivity contribution in [3.63, 3.8) is 0 Å². The molecule has 6 heteroatoms. The smallest absolute Gasteiger partial charge is 0.338 e. The Morgan fingerprint density at radius 3 is 2.46 bits per heavy atom. The van der Waals surface area contributed by atoms with Gasteiger partial charge in [-0.1, -0.05) is 19.3 Å². The van der Waals surface area contributed by atoms with Crippen molar-refractivity contribution in [2.75, 3.05) is 6.54 Å². The van der Waals surface area contributed by atoms with Crippen LogP contribution in [0, 0.1) is 19.8 Å². The van der Waals surface area contributed by atoms with Crippen LogP contribution in [0.3, 0.4) is 0 Å². The number of nitrogens with one attached hydrogen (secondary N) is 1. The van der Waals surface area contributed by atoms with Gasteiger partial charge >= 0.3 is 5.97 Å². The third-order valence-electron chi connectivity index (χ3n) is 5.30. The molecule has 0 radical (unpaired) electrons. The number of amides is 1. The fraction of sp³-hybridized carbons (Fsp3) is 0.500. The molecule has 1 aromatic heterocycles. The lowest BCUT2D eigenvalue weighted by Crippen LogP contribution is -2.38. The molecule has 1 aliphatic carbocycles. The van der Waals surface area contributed by atoms with Crippen molar-refractivity contribution in [1.29, 1.82) is 0 Å². The van der Waals surface area contributed by atoms with Crippen LogP contribution in [-0.4, -0.2) is 34.3 Å². The van der Waals surface area contributed by atoms with Crippen molar-refractivity contribution in [2.45, 2.75) is 59.0 Å². The molecule has 1 heterocycles. The third kappa shape index (κ3) is 5.00. The van der Waals surface area contributed by atoms with Crippen molar-refractivity contribution in [3.05, 3.63) is 47.3 Å². The molecule has 0 bridgehead atoms. The Morgan fingerprint density at radius 1 is 1.18 bits per heavy atom. The van der Waals surface area contributed by atoms with Crippen molar-refractivity contribution in [3.8, 4) is 5.69 Å². The minimum Gasteiger partial charge on any atom is -0.449 e. The molecule has 1 unspecified atom stereocenters. The fourth-order valence-corrected chi connectivity index (χ4v) is 3.69. The SMILES string of the molecule is Cc1cc(C)n(-c2ccc(C(=O)OC(C)C(=O)NCC3CCCCC3)cc2)n1. The largest absolute Gasteiger partial charge is 0.449 e. The zero-order valence-electron chi connectivity index (χ0n) is 16.9. The highest BCUT2D eigenvalue weighted by atomic mass is 16.5. The van der Waals surface area contributed by atoms with Gasteiger partial charge in [0.1, 0.15) is 0 Å². The van der Waals surface area contributed by atoms with Crippen LogP contribution in [0.25, 0.3) is 5.69 Å². The van der Waals surface area contributed by atoms with Gasteiger partial charge in [0, 0.05) is 12.2 Å². The van der Waals surface area contributed by atoms with Gasteiger partial charge in [-0.3, -0.25) is 4.79 Å². The topological polar surface area (TPSA) is 73.2 Å². The number of aromatic nitrogens is 2. The molecule has 1 fully saturated rings. The molecule has 1 N–H and O–H groups in total. The van der Waals surface area contributed by atoms with E-state index in [0.717, 1.165) is 29.9 Å². The van der Waals surface area contributed by atoms with E-state index in [1.165, 1.54) is 19.3 Å². The second kappa shape index (κ2) is 9.04. The Bertz CT molecular complexity index is 820. The zero-order valence-corrected chi connectivity index (χ0v) is 16.9. The first-order valence-corrected chi connectivity index (χ1v) is 10.1. The summed E-state index contributed by atoms with van der Waals surface area (Å²) in [5.41, 5.74) is 3.25. The summed E-state index contributed by atoms with van der Waals surface area (Å²) in [5, 5.41) is 7.35. The summed E-state index contributed by atoms with van der Waals surface area (Å²) in [4.78, 5) is 24.6. The standard InChI is InChI=1S/C22H29N3O3/c1-15-13-16(2)25(24-15)20-11-9-19(10-12-20)22(27)28-17(3)21(26)23-14-18-7-5-4-6-8-18/h9-13,17-18H,4-8,14H2,1-3H3,(H,23,26). The molecule has 0 spiro atoms. The van der Waals surface area contributed by atoms with Crippen molar-refractivity contribution in [1.82, 2.24) is 15.1 Å². The van der Waals surface area contributed by atoms with Gasteiger partial charge in [-0.25, -0.2) is 9.48 Å². The van der Waals surface area contributed by atoms with Crippen LogP contribution in [0.4, 0.5) is 0 Å². The Hall–Kier alpha value is -2.63. The van der Waals surface area contributed by atoms with E-state index in [2.05, 4.69) is 10.4 Å². The molecule has 0 aliphatic heterocycles. The van der Waals surface area contributed by atoms with Gasteiger partial charge < -0.3 is 10.1 Å². The van der Waals surface area contributed by atoms with Gasteiger partial charge in [0.05, 0.1) is 16.9 Å². The molecule has 6 nitrogen and oxygen atoms in total. The highest BCUT2D eigenvalue weighted by Crippen LogP contribution is 2.22. The average molecular weight is 383 g/mol. The summed E-state index contributed by atoms with van der Waals surface area (Å²) in [7, 11) is 0. The first kappa shape index (κ1) is 20.1. The molecular formula is C22H29N3O3. The number of nitrogens with zero attached hydrogens (tertiary/aromatic N) is 2. The summed E-state index contributed by atoms with van der Waals surface area (Å²) in [6, 6.07) is 9.03. The minimum absolute atomic E-state index is 0.238. The normalized spacial score (nSPS) is 15.8. The number of carbonyl (C=O) groups is 2. The number of carbonyl (C=O) groups excluding carboxylic acids is 2. The lowest BCUT2D eigenvalue weighted by Gasteiger charge is -2.22. The van der Waals surface area contributed by atoms with Crippen LogP contribution >= 0.6 is 0 Å². The summed E-state index contributed by atoms with van der Waals surface area (Å²) < 4.78 is 7.16. The van der Waals surface area contributed by atoms with Crippen LogP contribution in [0.15, 0.2) is 30.3 Å². The summed E-state index contributed by atoms with van der Waals surface area (Å²) in [6.45, 7) is 6.20. The van der Waals surface area contributed by atoms with Crippen LogP contribution in [0.2, 0.25) is 0 Å². The molecule has 1 amide bonds. The second-order valence-corrected chi connectivity index (χ2v) is 7.68. The van der Waals surface area contributed by atoms with E-state index in [1.54, 1.807) is 19.1 Å². The molecule has 1 saturated carbocycles. The Morgan fingerprint density at radius 2 is 1.86 bits per heavy atom. The van der Waals surface area contributed by atoms with E-state index in [9.17, 15) is 9.59 Å². The van der Waals surface area contributed by atoms with Crippen LogP contribution in [-0.2, 0) is 9.53 Å². The summed E-state index contributed by atoms with van der Waals surface area (Å²) in [5.74, 6) is -0.194. The molecule has 0 saturated heterocycles. The molecule has 1 aliphatic rings. The predicted octanol–water partition coefficient (Wildman–Crippen LogP) is 3.73. The Kier molecular flexibility index (Phi) is 6.49. The number of ether oxygens (including phenoxy) is 1. The van der Waals surface area contributed by atoms with Crippen LogP contribution < -0.4 is 5.32 Å². The van der Waals surface area contributed by atoms with Crippen molar-refractivity contribution >= 4 is 11.9 Å². The van der Waals surface area contributed by atoms with E-state index < -0.39 is 12.1 Å². The predicted molar refractivity (Wildman–Crippen MR) is 108 cm³/mol. The molecular weight excluding hydrogens is 354 g/mol. The number of rotatable bonds is 6. The second-order valence-electron chi connectivity index (χ2n) is 7.68. The maximum atomic E-state index is 12.4. The molecule has 1 aromatic carbocycles. The van der Waals surface area contributed by atoms with Gasteiger partial charge in [0.25, 0.3) is 5.91 Å². The van der Waals surface area contributed by atoms with E-state index in [-0.39, 0.29) is 5.91 Å². The van der Waals surface area contributed by atoms with E-state index in [4.69, 9.17) is 4.74 Å². The first-order valence-electron chi connectivity index (χ1n) is 10.1. The Balaban J connectivity index is 1.53. The van der Waals surface area contributed by atoms with E-state index >= 15 is 0 Å². The number of hydrogen-bond acceptors (Lipinski definition) is 4. The maximum absolute atomic E-state index is 12.4. The highest BCUT2D eigenvalue weighted by Gasteiger charge is 2.21. The van der Waals surface area contributed by atoms with Crippen molar-refractivity contribution in [2.24, 2.45) is 5.92 Å².